The minimum atomic E-state index is -0.868. The lowest BCUT2D eigenvalue weighted by Gasteiger charge is -2.30. The molecule has 0 bridgehead atoms. The summed E-state index contributed by atoms with van der Waals surface area (Å²) in [5.74, 6) is -0.819. The van der Waals surface area contributed by atoms with Gasteiger partial charge < -0.3 is 5.11 Å². The number of aliphatic carboxylic acids is 1. The van der Waals surface area contributed by atoms with Crippen LogP contribution in [0.2, 0.25) is 0 Å². The number of aryl methyl sites for hydroxylation is 2. The Morgan fingerprint density at radius 2 is 2.06 bits per heavy atom. The minimum absolute atomic E-state index is 0.568. The maximum Gasteiger partial charge on any atom is 0.323 e. The Labute approximate surface area is 99.9 Å². The summed E-state index contributed by atoms with van der Waals surface area (Å²) in [5.41, 5.74) is 0.162. The maximum absolute atomic E-state index is 11.1. The predicted octanol–water partition coefficient (Wildman–Crippen LogP) is 2.05. The van der Waals surface area contributed by atoms with E-state index in [-0.39, 0.29) is 0 Å². The van der Waals surface area contributed by atoms with E-state index >= 15 is 0 Å². The van der Waals surface area contributed by atoms with Gasteiger partial charge in [0, 0.05) is 4.88 Å². The Morgan fingerprint density at radius 1 is 1.50 bits per heavy atom. The molecule has 0 unspecified atom stereocenters. The third-order valence-corrected chi connectivity index (χ3v) is 3.98. The summed E-state index contributed by atoms with van der Waals surface area (Å²) in [6.07, 6.45) is 0. The highest BCUT2D eigenvalue weighted by Gasteiger charge is 2.32. The van der Waals surface area contributed by atoms with Crippen molar-refractivity contribution in [3.8, 4) is 0 Å². The fourth-order valence-corrected chi connectivity index (χ4v) is 2.16. The molecule has 1 N–H and O–H groups in total. The lowest BCUT2D eigenvalue weighted by atomic mass is 10.0. The first-order valence-electron chi connectivity index (χ1n) is 5.12. The van der Waals surface area contributed by atoms with Gasteiger partial charge in [-0.2, -0.15) is 0 Å². The van der Waals surface area contributed by atoms with Crippen LogP contribution in [0.15, 0.2) is 0 Å². The summed E-state index contributed by atoms with van der Waals surface area (Å²) in [5, 5.41) is 10.1. The molecule has 0 saturated heterocycles. The van der Waals surface area contributed by atoms with Crippen LogP contribution in [0, 0.1) is 13.8 Å². The first kappa shape index (κ1) is 13.1. The number of carboxylic acids is 1. The summed E-state index contributed by atoms with van der Waals surface area (Å²) in [6, 6.07) is 0. The van der Waals surface area contributed by atoms with Crippen molar-refractivity contribution in [2.45, 2.75) is 39.8 Å². The SMILES string of the molecule is Cc1nc(CN(C)C(C)(C)C(=O)O)sc1C. The largest absolute Gasteiger partial charge is 0.480 e. The van der Waals surface area contributed by atoms with Gasteiger partial charge in [0.25, 0.3) is 0 Å². The summed E-state index contributed by atoms with van der Waals surface area (Å²) < 4.78 is 0. The van der Waals surface area contributed by atoms with Crippen LogP contribution in [-0.2, 0) is 11.3 Å². The summed E-state index contributed by atoms with van der Waals surface area (Å²) in [7, 11) is 1.81. The highest BCUT2D eigenvalue weighted by atomic mass is 32.1. The number of carboxylic acid groups (broad SMARTS) is 1. The number of nitrogens with zero attached hydrogens (tertiary/aromatic N) is 2. The molecular weight excluding hydrogens is 224 g/mol. The fraction of sp³-hybridized carbons (Fsp3) is 0.636. The molecule has 0 amide bonds. The van der Waals surface area contributed by atoms with Crippen molar-refractivity contribution in [2.24, 2.45) is 0 Å². The van der Waals surface area contributed by atoms with Crippen LogP contribution in [-0.4, -0.2) is 33.5 Å². The highest BCUT2D eigenvalue weighted by molar-refractivity contribution is 7.11. The molecule has 0 aromatic carbocycles. The molecule has 5 heteroatoms. The lowest BCUT2D eigenvalue weighted by Crippen LogP contribution is -2.47. The molecule has 90 valence electrons. The predicted molar refractivity (Wildman–Crippen MR) is 64.8 cm³/mol. The Kier molecular flexibility index (Phi) is 3.70. The van der Waals surface area contributed by atoms with E-state index in [0.29, 0.717) is 6.54 Å². The molecule has 1 heterocycles. The molecule has 4 nitrogen and oxygen atoms in total. The van der Waals surface area contributed by atoms with E-state index in [1.165, 1.54) is 4.88 Å². The number of thiazole rings is 1. The molecule has 1 aromatic rings. The van der Waals surface area contributed by atoms with E-state index in [9.17, 15) is 4.79 Å². The molecule has 0 fully saturated rings. The zero-order valence-corrected chi connectivity index (χ0v) is 11.2. The Morgan fingerprint density at radius 3 is 2.44 bits per heavy atom. The van der Waals surface area contributed by atoms with Gasteiger partial charge >= 0.3 is 5.97 Å². The number of aromatic nitrogens is 1. The van der Waals surface area contributed by atoms with Crippen LogP contribution in [0.3, 0.4) is 0 Å². The van der Waals surface area contributed by atoms with Gasteiger partial charge in [0.05, 0.1) is 12.2 Å². The van der Waals surface area contributed by atoms with Gasteiger partial charge in [-0.05, 0) is 34.7 Å². The van der Waals surface area contributed by atoms with Gasteiger partial charge in [0.15, 0.2) is 0 Å². The molecule has 0 saturated carbocycles. The molecule has 0 spiro atoms. The van der Waals surface area contributed by atoms with Crippen molar-refractivity contribution in [1.82, 2.24) is 9.88 Å². The molecule has 0 aliphatic rings. The molecule has 0 atom stereocenters. The molecule has 0 radical (unpaired) electrons. The van der Waals surface area contributed by atoms with Crippen LogP contribution >= 0.6 is 11.3 Å². The summed E-state index contributed by atoms with van der Waals surface area (Å²) in [4.78, 5) is 18.5. The van der Waals surface area contributed by atoms with Crippen LogP contribution in [0.4, 0.5) is 0 Å². The first-order valence-corrected chi connectivity index (χ1v) is 5.94. The average molecular weight is 242 g/mol. The highest BCUT2D eigenvalue weighted by Crippen LogP contribution is 2.21. The molecule has 16 heavy (non-hydrogen) atoms. The minimum Gasteiger partial charge on any atom is -0.480 e. The van der Waals surface area contributed by atoms with E-state index in [4.69, 9.17) is 5.11 Å². The van der Waals surface area contributed by atoms with Crippen molar-refractivity contribution >= 4 is 17.3 Å². The molecule has 1 aromatic heterocycles. The lowest BCUT2D eigenvalue weighted by molar-refractivity contribution is -0.148. The van der Waals surface area contributed by atoms with Gasteiger partial charge in [-0.3, -0.25) is 9.69 Å². The van der Waals surface area contributed by atoms with E-state index in [1.54, 1.807) is 37.1 Å². The number of likely N-dealkylation sites (N-methyl/N-ethyl adjacent to an activating group) is 1. The number of hydrogen-bond acceptors (Lipinski definition) is 4. The standard InChI is InChI=1S/C11H18N2O2S/c1-7-8(2)16-9(12-7)6-13(5)11(3,4)10(14)15/h6H2,1-5H3,(H,14,15). The second-order valence-electron chi connectivity index (χ2n) is 4.47. The molecular formula is C11H18N2O2S. The zero-order chi connectivity index (χ0) is 12.5. The number of rotatable bonds is 4. The molecule has 1 rings (SSSR count). The second kappa shape index (κ2) is 4.51. The quantitative estimate of drug-likeness (QED) is 0.878. The van der Waals surface area contributed by atoms with Crippen LogP contribution in [0.25, 0.3) is 0 Å². The second-order valence-corrected chi connectivity index (χ2v) is 5.76. The van der Waals surface area contributed by atoms with Crippen molar-refractivity contribution in [3.05, 3.63) is 15.6 Å². The number of hydrogen-bond donors (Lipinski definition) is 1. The fourth-order valence-electron chi connectivity index (χ4n) is 1.17. The zero-order valence-electron chi connectivity index (χ0n) is 10.4. The third kappa shape index (κ3) is 2.59. The molecule has 0 aliphatic carbocycles. The smallest absolute Gasteiger partial charge is 0.323 e. The Balaban J connectivity index is 2.78. The molecule has 0 aliphatic heterocycles. The van der Waals surface area contributed by atoms with Gasteiger partial charge in [-0.15, -0.1) is 11.3 Å². The van der Waals surface area contributed by atoms with Crippen molar-refractivity contribution in [2.75, 3.05) is 7.05 Å². The van der Waals surface area contributed by atoms with Crippen molar-refractivity contribution in [3.63, 3.8) is 0 Å². The van der Waals surface area contributed by atoms with Gasteiger partial charge in [0.1, 0.15) is 10.5 Å². The topological polar surface area (TPSA) is 53.4 Å². The third-order valence-electron chi connectivity index (χ3n) is 2.92. The summed E-state index contributed by atoms with van der Waals surface area (Å²) >= 11 is 1.62. The van der Waals surface area contributed by atoms with Gasteiger partial charge in [0.2, 0.25) is 0 Å². The normalized spacial score (nSPS) is 12.1. The van der Waals surface area contributed by atoms with Gasteiger partial charge in [-0.25, -0.2) is 4.98 Å². The van der Waals surface area contributed by atoms with Crippen molar-refractivity contribution in [1.29, 1.82) is 0 Å². The van der Waals surface area contributed by atoms with E-state index in [2.05, 4.69) is 4.98 Å². The monoisotopic (exact) mass is 242 g/mol. The summed E-state index contributed by atoms with van der Waals surface area (Å²) in [6.45, 7) is 7.96. The van der Waals surface area contributed by atoms with E-state index in [1.807, 2.05) is 13.8 Å². The van der Waals surface area contributed by atoms with E-state index in [0.717, 1.165) is 10.7 Å². The van der Waals surface area contributed by atoms with Crippen LogP contribution in [0.1, 0.15) is 29.4 Å². The van der Waals surface area contributed by atoms with Gasteiger partial charge in [-0.1, -0.05) is 0 Å². The Hall–Kier alpha value is -0.940. The van der Waals surface area contributed by atoms with Crippen LogP contribution in [0.5, 0.6) is 0 Å². The maximum atomic E-state index is 11.1. The first-order chi connectivity index (χ1) is 7.25. The number of carbonyl (C=O) groups is 1. The Bertz CT molecular complexity index is 379. The van der Waals surface area contributed by atoms with Crippen LogP contribution < -0.4 is 0 Å². The average Bonchev–Trinajstić information content (AvgIpc) is 2.45. The van der Waals surface area contributed by atoms with Crippen molar-refractivity contribution < 1.29 is 9.90 Å². The van der Waals surface area contributed by atoms with E-state index < -0.39 is 11.5 Å².